The van der Waals surface area contributed by atoms with Gasteiger partial charge in [-0.25, -0.2) is 0 Å². The van der Waals surface area contributed by atoms with Gasteiger partial charge in [-0.1, -0.05) is 12.1 Å². The van der Waals surface area contributed by atoms with E-state index in [9.17, 15) is 4.79 Å². The highest BCUT2D eigenvalue weighted by molar-refractivity contribution is 9.10. The molecule has 2 aromatic carbocycles. The molecule has 0 atom stereocenters. The highest BCUT2D eigenvalue weighted by Gasteiger charge is 2.24. The van der Waals surface area contributed by atoms with E-state index in [4.69, 9.17) is 14.2 Å². The molecule has 0 radical (unpaired) electrons. The van der Waals surface area contributed by atoms with Crippen LogP contribution in [0.4, 0.5) is 0 Å². The lowest BCUT2D eigenvalue weighted by molar-refractivity contribution is 0.0627. The molecule has 0 aliphatic carbocycles. The maximum atomic E-state index is 13.0. The van der Waals surface area contributed by atoms with Gasteiger partial charge in [0.1, 0.15) is 21.7 Å². The van der Waals surface area contributed by atoms with Crippen molar-refractivity contribution >= 4 is 21.8 Å². The smallest absolute Gasteiger partial charge is 0.254 e. The van der Waals surface area contributed by atoms with E-state index in [1.54, 1.807) is 26.4 Å². The first-order valence-corrected chi connectivity index (χ1v) is 10.6. The molecule has 0 N–H and O–H groups in total. The summed E-state index contributed by atoms with van der Waals surface area (Å²) in [5.41, 5.74) is 3.18. The zero-order chi connectivity index (χ0) is 20.4. The van der Waals surface area contributed by atoms with Gasteiger partial charge in [0.05, 0.1) is 20.8 Å². The maximum Gasteiger partial charge on any atom is 0.254 e. The predicted octanol–water partition coefficient (Wildman–Crippen LogP) is 3.36. The Kier molecular flexibility index (Phi) is 5.96. The van der Waals surface area contributed by atoms with Gasteiger partial charge in [-0.3, -0.25) is 9.69 Å². The molecule has 29 heavy (non-hydrogen) atoms. The number of methoxy groups -OCH3 is 2. The molecular formula is C22H25BrN2O4. The second-order valence-corrected chi connectivity index (χ2v) is 8.10. The summed E-state index contributed by atoms with van der Waals surface area (Å²) in [6, 6.07) is 9.98. The van der Waals surface area contributed by atoms with Gasteiger partial charge in [-0.2, -0.15) is 0 Å². The number of nitrogens with zero attached hydrogens (tertiary/aromatic N) is 2. The molecule has 2 aliphatic rings. The van der Waals surface area contributed by atoms with E-state index in [1.807, 2.05) is 4.90 Å². The van der Waals surface area contributed by atoms with E-state index < -0.39 is 0 Å². The lowest BCUT2D eigenvalue weighted by atomic mass is 10.1. The second kappa shape index (κ2) is 8.63. The first kappa shape index (κ1) is 20.0. The summed E-state index contributed by atoms with van der Waals surface area (Å²) >= 11 is 3.45. The number of hydrogen-bond donors (Lipinski definition) is 0. The summed E-state index contributed by atoms with van der Waals surface area (Å²) < 4.78 is 17.0. The molecule has 1 saturated heterocycles. The molecule has 0 aromatic heterocycles. The Balaban J connectivity index is 1.39. The number of hydrogen-bond acceptors (Lipinski definition) is 5. The number of benzene rings is 2. The van der Waals surface area contributed by atoms with Crippen LogP contribution in [0.1, 0.15) is 21.5 Å². The van der Waals surface area contributed by atoms with Crippen LogP contribution >= 0.6 is 15.9 Å². The Labute approximate surface area is 179 Å². The maximum absolute atomic E-state index is 13.0. The number of fused-ring (bicyclic) bond motifs is 1. The zero-order valence-electron chi connectivity index (χ0n) is 16.7. The van der Waals surface area contributed by atoms with Crippen molar-refractivity contribution in [2.45, 2.75) is 13.0 Å². The highest BCUT2D eigenvalue weighted by Crippen LogP contribution is 2.36. The molecule has 0 bridgehead atoms. The molecule has 0 spiro atoms. The average molecular weight is 461 g/mol. The number of piperazine rings is 1. The van der Waals surface area contributed by atoms with Gasteiger partial charge in [0.25, 0.3) is 5.91 Å². The highest BCUT2D eigenvalue weighted by atomic mass is 79.9. The normalized spacial score (nSPS) is 16.3. The van der Waals surface area contributed by atoms with Crippen molar-refractivity contribution in [2.24, 2.45) is 0 Å². The lowest BCUT2D eigenvalue weighted by Crippen LogP contribution is -2.48. The van der Waals surface area contributed by atoms with Gasteiger partial charge in [0, 0.05) is 44.7 Å². The van der Waals surface area contributed by atoms with Crippen LogP contribution in [0.2, 0.25) is 0 Å². The van der Waals surface area contributed by atoms with Crippen molar-refractivity contribution < 1.29 is 19.0 Å². The molecule has 6 nitrogen and oxygen atoms in total. The third kappa shape index (κ3) is 4.21. The number of amides is 1. The summed E-state index contributed by atoms with van der Waals surface area (Å²) in [6.45, 7) is 4.79. The van der Waals surface area contributed by atoms with Gasteiger partial charge in [-0.15, -0.1) is 0 Å². The number of carbonyl (C=O) groups is 1. The van der Waals surface area contributed by atoms with E-state index in [0.29, 0.717) is 34.6 Å². The van der Waals surface area contributed by atoms with Crippen molar-refractivity contribution in [3.05, 3.63) is 51.5 Å². The molecule has 7 heteroatoms. The molecule has 2 heterocycles. The minimum absolute atomic E-state index is 0.00318. The van der Waals surface area contributed by atoms with Crippen molar-refractivity contribution in [2.75, 3.05) is 47.0 Å². The fourth-order valence-electron chi connectivity index (χ4n) is 3.88. The predicted molar refractivity (Wildman–Crippen MR) is 114 cm³/mol. The van der Waals surface area contributed by atoms with E-state index in [1.165, 1.54) is 11.1 Å². The van der Waals surface area contributed by atoms with Crippen molar-refractivity contribution in [3.8, 4) is 17.2 Å². The zero-order valence-corrected chi connectivity index (χ0v) is 18.3. The molecule has 1 fully saturated rings. The summed E-state index contributed by atoms with van der Waals surface area (Å²) in [4.78, 5) is 17.3. The van der Waals surface area contributed by atoms with Crippen LogP contribution in [0.25, 0.3) is 0 Å². The van der Waals surface area contributed by atoms with E-state index in [2.05, 4.69) is 39.0 Å². The monoisotopic (exact) mass is 460 g/mol. The van der Waals surface area contributed by atoms with Crippen LogP contribution in [-0.4, -0.2) is 62.7 Å². The largest absolute Gasteiger partial charge is 0.495 e. The van der Waals surface area contributed by atoms with Crippen LogP contribution in [-0.2, 0) is 13.0 Å². The SMILES string of the molecule is COc1cc(C(=O)N2CCN(Cc3ccc4c(c3)CCO4)CC2)cc(OC)c1Br. The Morgan fingerprint density at radius 1 is 1.07 bits per heavy atom. The molecule has 1 amide bonds. The Morgan fingerprint density at radius 2 is 1.76 bits per heavy atom. The standard InChI is InChI=1S/C22H25BrN2O4/c1-27-19-12-17(13-20(28-2)21(19)23)22(26)25-8-6-24(7-9-25)14-15-3-4-18-16(11-15)5-10-29-18/h3-4,11-13H,5-10,14H2,1-2H3. The molecule has 2 aromatic rings. The summed E-state index contributed by atoms with van der Waals surface area (Å²) in [5, 5.41) is 0. The van der Waals surface area contributed by atoms with Gasteiger partial charge in [-0.05, 0) is 45.3 Å². The molecule has 4 rings (SSSR count). The molecular weight excluding hydrogens is 436 g/mol. The molecule has 0 unspecified atom stereocenters. The minimum Gasteiger partial charge on any atom is -0.495 e. The fraction of sp³-hybridized carbons (Fsp3) is 0.409. The Hall–Kier alpha value is -2.25. The van der Waals surface area contributed by atoms with Crippen molar-refractivity contribution in [1.82, 2.24) is 9.80 Å². The number of rotatable bonds is 5. The van der Waals surface area contributed by atoms with E-state index in [0.717, 1.165) is 38.4 Å². The number of halogens is 1. The lowest BCUT2D eigenvalue weighted by Gasteiger charge is -2.35. The summed E-state index contributed by atoms with van der Waals surface area (Å²) in [7, 11) is 3.16. The summed E-state index contributed by atoms with van der Waals surface area (Å²) in [5.74, 6) is 2.20. The third-order valence-electron chi connectivity index (χ3n) is 5.51. The van der Waals surface area contributed by atoms with Crippen molar-refractivity contribution in [3.63, 3.8) is 0 Å². The van der Waals surface area contributed by atoms with Crippen LogP contribution in [0.3, 0.4) is 0 Å². The summed E-state index contributed by atoms with van der Waals surface area (Å²) in [6.07, 6.45) is 0.992. The third-order valence-corrected chi connectivity index (χ3v) is 6.29. The van der Waals surface area contributed by atoms with E-state index in [-0.39, 0.29) is 5.91 Å². The van der Waals surface area contributed by atoms with Crippen LogP contribution < -0.4 is 14.2 Å². The molecule has 2 aliphatic heterocycles. The van der Waals surface area contributed by atoms with Crippen molar-refractivity contribution in [1.29, 1.82) is 0 Å². The van der Waals surface area contributed by atoms with E-state index >= 15 is 0 Å². The Morgan fingerprint density at radius 3 is 2.41 bits per heavy atom. The number of carbonyl (C=O) groups excluding carboxylic acids is 1. The first-order chi connectivity index (χ1) is 14.1. The number of ether oxygens (including phenoxy) is 3. The van der Waals surface area contributed by atoms with Gasteiger partial charge < -0.3 is 19.1 Å². The second-order valence-electron chi connectivity index (χ2n) is 7.30. The Bertz CT molecular complexity index is 885. The topological polar surface area (TPSA) is 51.2 Å². The fourth-order valence-corrected chi connectivity index (χ4v) is 4.43. The van der Waals surface area contributed by atoms with Gasteiger partial charge in [0.15, 0.2) is 0 Å². The van der Waals surface area contributed by atoms with Gasteiger partial charge in [0.2, 0.25) is 0 Å². The first-order valence-electron chi connectivity index (χ1n) is 9.77. The minimum atomic E-state index is 0.00318. The van der Waals surface area contributed by atoms with Crippen LogP contribution in [0.5, 0.6) is 17.2 Å². The van der Waals surface area contributed by atoms with Crippen LogP contribution in [0, 0.1) is 0 Å². The van der Waals surface area contributed by atoms with Gasteiger partial charge >= 0.3 is 0 Å². The molecule has 0 saturated carbocycles. The van der Waals surface area contributed by atoms with Crippen LogP contribution in [0.15, 0.2) is 34.8 Å². The molecule has 154 valence electrons. The average Bonchev–Trinajstić information content (AvgIpc) is 3.22. The quantitative estimate of drug-likeness (QED) is 0.684.